The zero-order valence-corrected chi connectivity index (χ0v) is 13.0. The molecule has 26 heavy (non-hydrogen) atoms. The molecule has 0 saturated heterocycles. The van der Waals surface area contributed by atoms with Crippen molar-refractivity contribution in [1.29, 1.82) is 0 Å². The van der Waals surface area contributed by atoms with Crippen LogP contribution in [0.2, 0.25) is 0 Å². The van der Waals surface area contributed by atoms with Gasteiger partial charge in [0.1, 0.15) is 22.9 Å². The van der Waals surface area contributed by atoms with E-state index in [1.807, 2.05) is 24.3 Å². The molecular weight excluding hydrogens is 338 g/mol. The predicted molar refractivity (Wildman–Crippen MR) is 86.9 cm³/mol. The molecule has 5 rings (SSSR count). The summed E-state index contributed by atoms with van der Waals surface area (Å²) in [5.74, 6) is 0.430. The van der Waals surface area contributed by atoms with Crippen LogP contribution >= 0.6 is 0 Å². The monoisotopic (exact) mass is 347 g/mol. The van der Waals surface area contributed by atoms with E-state index in [1.54, 1.807) is 18.3 Å². The fourth-order valence-electron chi connectivity index (χ4n) is 2.32. The molecule has 0 bridgehead atoms. The van der Waals surface area contributed by atoms with Crippen molar-refractivity contribution in [2.75, 3.05) is 0 Å². The van der Waals surface area contributed by atoms with E-state index in [-0.39, 0.29) is 11.8 Å². The van der Waals surface area contributed by atoms with Gasteiger partial charge in [-0.1, -0.05) is 21.8 Å². The van der Waals surface area contributed by atoms with Gasteiger partial charge in [0.2, 0.25) is 5.65 Å². The first-order chi connectivity index (χ1) is 12.9. The molecule has 0 N–H and O–H groups in total. The summed E-state index contributed by atoms with van der Waals surface area (Å²) in [6.07, 6.45) is 2.92. The number of nitrogens with zero attached hydrogens (tertiary/aromatic N) is 9. The lowest BCUT2D eigenvalue weighted by atomic mass is 10.3. The third-order valence-electron chi connectivity index (χ3n) is 3.48. The number of para-hydroxylation sites is 1. The van der Waals surface area contributed by atoms with Crippen LogP contribution in [0.3, 0.4) is 0 Å². The summed E-state index contributed by atoms with van der Waals surface area (Å²) in [5.41, 5.74) is 2.49. The zero-order chi connectivity index (χ0) is 17.3. The number of hydrogen-bond donors (Lipinski definition) is 0. The molecule has 0 unspecified atom stereocenters. The minimum absolute atomic E-state index is 0.205. The van der Waals surface area contributed by atoms with Gasteiger partial charge in [-0.15, -0.1) is 10.2 Å². The van der Waals surface area contributed by atoms with Crippen molar-refractivity contribution in [3.63, 3.8) is 0 Å². The van der Waals surface area contributed by atoms with Crippen molar-refractivity contribution >= 4 is 22.2 Å². The maximum absolute atomic E-state index is 5.63. The molecule has 0 aliphatic heterocycles. The highest BCUT2D eigenvalue weighted by Crippen LogP contribution is 2.17. The van der Waals surface area contributed by atoms with E-state index in [0.29, 0.717) is 22.2 Å². The highest BCUT2D eigenvalue weighted by Gasteiger charge is 2.11. The minimum atomic E-state index is 0.205. The van der Waals surface area contributed by atoms with Crippen molar-refractivity contribution in [2.45, 2.75) is 0 Å². The molecule has 4 aromatic heterocycles. The van der Waals surface area contributed by atoms with Crippen LogP contribution in [0, 0.1) is 0 Å². The standard InChI is InChI=1S/C15H9N9O2/c1-2-6-12-10(4-1)19-21-23(12)25-13-8-14(18-9-17-13)26-24-15-11(20-22-24)5-3-7-16-15/h1-9H. The molecule has 0 amide bonds. The van der Waals surface area contributed by atoms with E-state index in [1.165, 1.54) is 22.1 Å². The summed E-state index contributed by atoms with van der Waals surface area (Å²) in [6.45, 7) is 0. The van der Waals surface area contributed by atoms with Gasteiger partial charge in [-0.05, 0) is 34.7 Å². The second kappa shape index (κ2) is 5.73. The van der Waals surface area contributed by atoms with Crippen molar-refractivity contribution in [1.82, 2.24) is 45.3 Å². The van der Waals surface area contributed by atoms with Crippen LogP contribution in [0.1, 0.15) is 0 Å². The molecule has 5 aromatic rings. The molecule has 0 atom stereocenters. The third kappa shape index (κ3) is 2.43. The van der Waals surface area contributed by atoms with Crippen LogP contribution in [0.5, 0.6) is 11.8 Å². The molecule has 126 valence electrons. The van der Waals surface area contributed by atoms with Crippen molar-refractivity contribution in [3.05, 3.63) is 55.0 Å². The van der Waals surface area contributed by atoms with Crippen LogP contribution in [0.25, 0.3) is 22.2 Å². The number of hydrogen-bond acceptors (Lipinski definition) is 9. The number of benzene rings is 1. The fourth-order valence-corrected chi connectivity index (χ4v) is 2.32. The molecule has 0 aliphatic carbocycles. The van der Waals surface area contributed by atoms with E-state index in [2.05, 4.69) is 35.6 Å². The van der Waals surface area contributed by atoms with Crippen LogP contribution in [0.15, 0.2) is 55.0 Å². The van der Waals surface area contributed by atoms with E-state index < -0.39 is 0 Å². The Kier molecular flexibility index (Phi) is 3.14. The average Bonchev–Trinajstić information content (AvgIpc) is 3.27. The van der Waals surface area contributed by atoms with Gasteiger partial charge in [0, 0.05) is 6.20 Å². The zero-order valence-electron chi connectivity index (χ0n) is 13.0. The predicted octanol–water partition coefficient (Wildman–Crippen LogP) is 1.05. The Morgan fingerprint density at radius 3 is 2.38 bits per heavy atom. The van der Waals surface area contributed by atoms with Gasteiger partial charge in [-0.3, -0.25) is 0 Å². The molecule has 0 saturated carbocycles. The fraction of sp³-hybridized carbons (Fsp3) is 0. The molecule has 1 aromatic carbocycles. The number of rotatable bonds is 4. The lowest BCUT2D eigenvalue weighted by molar-refractivity contribution is 0.160. The molecular formula is C15H9N9O2. The molecule has 11 nitrogen and oxygen atoms in total. The Morgan fingerprint density at radius 1 is 0.731 bits per heavy atom. The lowest BCUT2D eigenvalue weighted by Crippen LogP contribution is -2.11. The first kappa shape index (κ1) is 14.2. The van der Waals surface area contributed by atoms with Gasteiger partial charge in [-0.2, -0.15) is 9.97 Å². The maximum atomic E-state index is 5.63. The van der Waals surface area contributed by atoms with E-state index in [4.69, 9.17) is 9.68 Å². The summed E-state index contributed by atoms with van der Waals surface area (Å²) in [7, 11) is 0. The first-order valence-electron chi connectivity index (χ1n) is 7.52. The van der Waals surface area contributed by atoms with Gasteiger partial charge in [-0.25, -0.2) is 4.98 Å². The van der Waals surface area contributed by atoms with E-state index in [0.717, 1.165) is 0 Å². The van der Waals surface area contributed by atoms with Crippen molar-refractivity contribution in [3.8, 4) is 11.8 Å². The summed E-state index contributed by atoms with van der Waals surface area (Å²) in [4.78, 5) is 25.9. The van der Waals surface area contributed by atoms with Gasteiger partial charge in [0.05, 0.1) is 6.07 Å². The normalized spacial score (nSPS) is 11.1. The molecule has 4 heterocycles. The summed E-state index contributed by atoms with van der Waals surface area (Å²) in [6, 6.07) is 12.4. The number of pyridine rings is 1. The second-order valence-electron chi connectivity index (χ2n) is 5.14. The van der Waals surface area contributed by atoms with Gasteiger partial charge < -0.3 is 9.68 Å². The highest BCUT2D eigenvalue weighted by atomic mass is 16.7. The van der Waals surface area contributed by atoms with Gasteiger partial charge >= 0.3 is 0 Å². The maximum Gasteiger partial charge on any atom is 0.255 e. The number of fused-ring (bicyclic) bond motifs is 2. The molecule has 0 fully saturated rings. The Labute approximate surface area is 144 Å². The minimum Gasteiger partial charge on any atom is -0.335 e. The van der Waals surface area contributed by atoms with E-state index in [9.17, 15) is 0 Å². The lowest BCUT2D eigenvalue weighted by Gasteiger charge is -2.06. The van der Waals surface area contributed by atoms with Gasteiger partial charge in [0.15, 0.2) is 0 Å². The highest BCUT2D eigenvalue weighted by molar-refractivity contribution is 5.73. The molecule has 0 spiro atoms. The SMILES string of the molecule is c1ccc2c(c1)nnn2Oc1cc(On2nnc3cccnc32)ncn1. The molecule has 11 heteroatoms. The number of aromatic nitrogens is 9. The topological polar surface area (TPSA) is 119 Å². The first-order valence-corrected chi connectivity index (χ1v) is 7.52. The second-order valence-corrected chi connectivity index (χ2v) is 5.14. The summed E-state index contributed by atoms with van der Waals surface area (Å²) < 4.78 is 0. The Hall–Kier alpha value is -4.15. The summed E-state index contributed by atoms with van der Waals surface area (Å²) >= 11 is 0. The van der Waals surface area contributed by atoms with Crippen LogP contribution in [0.4, 0.5) is 0 Å². The quantitative estimate of drug-likeness (QED) is 0.470. The van der Waals surface area contributed by atoms with Crippen molar-refractivity contribution < 1.29 is 9.68 Å². The average molecular weight is 347 g/mol. The van der Waals surface area contributed by atoms with Gasteiger partial charge in [0.25, 0.3) is 11.8 Å². The molecule has 0 aliphatic rings. The van der Waals surface area contributed by atoms with Crippen molar-refractivity contribution in [2.24, 2.45) is 0 Å². The van der Waals surface area contributed by atoms with Crippen LogP contribution in [-0.4, -0.2) is 45.3 Å². The van der Waals surface area contributed by atoms with Crippen LogP contribution < -0.4 is 9.68 Å². The molecule has 0 radical (unpaired) electrons. The third-order valence-corrected chi connectivity index (χ3v) is 3.48. The Morgan fingerprint density at radius 2 is 1.46 bits per heavy atom. The largest absolute Gasteiger partial charge is 0.335 e. The Balaban J connectivity index is 1.44. The smallest absolute Gasteiger partial charge is 0.255 e. The van der Waals surface area contributed by atoms with Crippen LogP contribution in [-0.2, 0) is 0 Å². The van der Waals surface area contributed by atoms with E-state index >= 15 is 0 Å². The Bertz CT molecular complexity index is 1120. The summed E-state index contributed by atoms with van der Waals surface area (Å²) in [5, 5.41) is 15.8.